The minimum Gasteiger partial charge on any atom is -0.497 e. The number of rotatable bonds is 4. The molecule has 128 valence electrons. The van der Waals surface area contributed by atoms with Gasteiger partial charge >= 0.3 is 0 Å². The molecule has 0 radical (unpaired) electrons. The fourth-order valence-electron chi connectivity index (χ4n) is 2.48. The SMILES string of the molecule is CCN1C(=O)/C(=C\c2cccc(OC)c2)SC1=Nc1ccc(C)cc1. The van der Waals surface area contributed by atoms with Crippen LogP contribution >= 0.6 is 11.8 Å². The Morgan fingerprint density at radius 1 is 1.20 bits per heavy atom. The number of amidine groups is 1. The molecule has 0 N–H and O–H groups in total. The molecular formula is C20H20N2O2S. The quantitative estimate of drug-likeness (QED) is 0.754. The Morgan fingerprint density at radius 2 is 1.96 bits per heavy atom. The van der Waals surface area contributed by atoms with Gasteiger partial charge in [-0.3, -0.25) is 9.69 Å². The molecule has 0 bridgehead atoms. The maximum atomic E-state index is 12.7. The summed E-state index contributed by atoms with van der Waals surface area (Å²) in [6.07, 6.45) is 1.88. The summed E-state index contributed by atoms with van der Waals surface area (Å²) in [5.41, 5.74) is 2.97. The van der Waals surface area contributed by atoms with Crippen molar-refractivity contribution in [1.82, 2.24) is 4.90 Å². The molecule has 2 aromatic rings. The molecule has 1 fully saturated rings. The van der Waals surface area contributed by atoms with E-state index >= 15 is 0 Å². The third-order valence-corrected chi connectivity index (χ3v) is 4.86. The lowest BCUT2D eigenvalue weighted by Crippen LogP contribution is -2.28. The second-order valence-corrected chi connectivity index (χ2v) is 6.68. The molecule has 0 aliphatic carbocycles. The molecule has 1 amide bonds. The molecule has 3 rings (SSSR count). The van der Waals surface area contributed by atoms with Gasteiger partial charge < -0.3 is 4.74 Å². The minimum absolute atomic E-state index is 0.0128. The summed E-state index contributed by atoms with van der Waals surface area (Å²) < 4.78 is 5.24. The van der Waals surface area contributed by atoms with Crippen LogP contribution in [-0.2, 0) is 4.79 Å². The van der Waals surface area contributed by atoms with Crippen LogP contribution in [0, 0.1) is 6.92 Å². The second kappa shape index (κ2) is 7.57. The Hall–Kier alpha value is -2.53. The normalized spacial score (nSPS) is 17.6. The molecule has 4 nitrogen and oxygen atoms in total. The van der Waals surface area contributed by atoms with Crippen LogP contribution < -0.4 is 4.74 Å². The summed E-state index contributed by atoms with van der Waals surface area (Å²) >= 11 is 1.41. The van der Waals surface area contributed by atoms with Gasteiger partial charge in [0.1, 0.15) is 5.75 Å². The number of hydrogen-bond acceptors (Lipinski definition) is 4. The topological polar surface area (TPSA) is 41.9 Å². The zero-order valence-corrected chi connectivity index (χ0v) is 15.3. The van der Waals surface area contributed by atoms with Crippen molar-refractivity contribution in [3.05, 3.63) is 64.6 Å². The van der Waals surface area contributed by atoms with Crippen molar-refractivity contribution in [3.63, 3.8) is 0 Å². The number of likely N-dealkylation sites (N-methyl/N-ethyl adjacent to an activating group) is 1. The van der Waals surface area contributed by atoms with Crippen molar-refractivity contribution in [2.45, 2.75) is 13.8 Å². The average molecular weight is 352 g/mol. The summed E-state index contributed by atoms with van der Waals surface area (Å²) in [5, 5.41) is 0.713. The molecule has 0 saturated carbocycles. The highest BCUT2D eigenvalue weighted by Crippen LogP contribution is 2.34. The molecule has 0 atom stereocenters. The van der Waals surface area contributed by atoms with E-state index in [9.17, 15) is 4.79 Å². The molecule has 0 unspecified atom stereocenters. The van der Waals surface area contributed by atoms with Gasteiger partial charge in [0.05, 0.1) is 17.7 Å². The van der Waals surface area contributed by atoms with E-state index in [1.807, 2.05) is 68.5 Å². The first-order chi connectivity index (χ1) is 12.1. The number of amides is 1. The van der Waals surface area contributed by atoms with Crippen LogP contribution in [-0.4, -0.2) is 29.6 Å². The van der Waals surface area contributed by atoms with Gasteiger partial charge in [0.15, 0.2) is 5.17 Å². The number of thioether (sulfide) groups is 1. The van der Waals surface area contributed by atoms with E-state index in [1.165, 1.54) is 17.3 Å². The van der Waals surface area contributed by atoms with E-state index in [4.69, 9.17) is 4.74 Å². The highest BCUT2D eigenvalue weighted by molar-refractivity contribution is 8.18. The lowest BCUT2D eigenvalue weighted by molar-refractivity contribution is -0.122. The van der Waals surface area contributed by atoms with Gasteiger partial charge in [-0.1, -0.05) is 29.8 Å². The van der Waals surface area contributed by atoms with E-state index in [0.29, 0.717) is 16.6 Å². The number of carbonyl (C=O) groups is 1. The number of methoxy groups -OCH3 is 1. The predicted molar refractivity (Wildman–Crippen MR) is 104 cm³/mol. The fourth-order valence-corrected chi connectivity index (χ4v) is 3.55. The lowest BCUT2D eigenvalue weighted by atomic mass is 10.2. The van der Waals surface area contributed by atoms with Gasteiger partial charge in [0.25, 0.3) is 5.91 Å². The molecule has 1 saturated heterocycles. The standard InChI is InChI=1S/C20H20N2O2S/c1-4-22-19(23)18(13-15-6-5-7-17(12-15)24-3)25-20(22)21-16-10-8-14(2)9-11-16/h5-13H,4H2,1-3H3/b18-13+,21-20?. The maximum Gasteiger partial charge on any atom is 0.266 e. The Bertz CT molecular complexity index is 841. The molecule has 1 aliphatic heterocycles. The van der Waals surface area contributed by atoms with Crippen LogP contribution in [0.1, 0.15) is 18.1 Å². The van der Waals surface area contributed by atoms with Crippen LogP contribution in [0.4, 0.5) is 5.69 Å². The summed E-state index contributed by atoms with van der Waals surface area (Å²) in [7, 11) is 1.63. The van der Waals surface area contributed by atoms with E-state index in [2.05, 4.69) is 4.99 Å². The van der Waals surface area contributed by atoms with Crippen molar-refractivity contribution in [2.24, 2.45) is 4.99 Å². The number of carbonyl (C=O) groups excluding carboxylic acids is 1. The zero-order chi connectivity index (χ0) is 17.8. The number of aliphatic imine (C=N–C) groups is 1. The third kappa shape index (κ3) is 3.94. The van der Waals surface area contributed by atoms with Gasteiger partial charge in [-0.15, -0.1) is 0 Å². The largest absolute Gasteiger partial charge is 0.497 e. The third-order valence-electron chi connectivity index (χ3n) is 3.85. The first-order valence-electron chi connectivity index (χ1n) is 8.11. The predicted octanol–water partition coefficient (Wildman–Crippen LogP) is 4.63. The minimum atomic E-state index is -0.0128. The summed E-state index contributed by atoms with van der Waals surface area (Å²) in [6, 6.07) is 15.6. The van der Waals surface area contributed by atoms with E-state index < -0.39 is 0 Å². The first kappa shape index (κ1) is 17.3. The molecule has 1 aliphatic rings. The summed E-state index contributed by atoms with van der Waals surface area (Å²) in [5.74, 6) is 0.756. The molecule has 5 heteroatoms. The number of ether oxygens (including phenoxy) is 1. The van der Waals surface area contributed by atoms with Crippen molar-refractivity contribution in [3.8, 4) is 5.75 Å². The van der Waals surface area contributed by atoms with E-state index in [-0.39, 0.29) is 5.91 Å². The van der Waals surface area contributed by atoms with Crippen LogP contribution in [0.3, 0.4) is 0 Å². The number of hydrogen-bond donors (Lipinski definition) is 0. The number of aryl methyl sites for hydroxylation is 1. The monoisotopic (exact) mass is 352 g/mol. The Morgan fingerprint density at radius 3 is 2.64 bits per heavy atom. The molecule has 0 aromatic heterocycles. The smallest absolute Gasteiger partial charge is 0.266 e. The molecule has 0 spiro atoms. The Labute approximate surface area is 152 Å². The number of nitrogens with zero attached hydrogens (tertiary/aromatic N) is 2. The van der Waals surface area contributed by atoms with Gasteiger partial charge in [0.2, 0.25) is 0 Å². The van der Waals surface area contributed by atoms with Crippen molar-refractivity contribution in [2.75, 3.05) is 13.7 Å². The van der Waals surface area contributed by atoms with E-state index in [1.54, 1.807) is 12.0 Å². The lowest BCUT2D eigenvalue weighted by Gasteiger charge is -2.12. The summed E-state index contributed by atoms with van der Waals surface area (Å²) in [6.45, 7) is 4.58. The second-order valence-electron chi connectivity index (χ2n) is 5.67. The Balaban J connectivity index is 1.91. The summed E-state index contributed by atoms with van der Waals surface area (Å²) in [4.78, 5) is 19.7. The van der Waals surface area contributed by atoms with Crippen LogP contribution in [0.5, 0.6) is 5.75 Å². The van der Waals surface area contributed by atoms with Crippen LogP contribution in [0.2, 0.25) is 0 Å². The van der Waals surface area contributed by atoms with Gasteiger partial charge in [0, 0.05) is 6.54 Å². The average Bonchev–Trinajstić information content (AvgIpc) is 2.91. The molecule has 2 aromatic carbocycles. The van der Waals surface area contributed by atoms with Gasteiger partial charge in [-0.2, -0.15) is 0 Å². The van der Waals surface area contributed by atoms with Crippen LogP contribution in [0.15, 0.2) is 58.4 Å². The molecular weight excluding hydrogens is 332 g/mol. The van der Waals surface area contributed by atoms with Crippen molar-refractivity contribution >= 4 is 34.6 Å². The zero-order valence-electron chi connectivity index (χ0n) is 14.5. The highest BCUT2D eigenvalue weighted by atomic mass is 32.2. The van der Waals surface area contributed by atoms with Crippen molar-refractivity contribution < 1.29 is 9.53 Å². The van der Waals surface area contributed by atoms with Crippen molar-refractivity contribution in [1.29, 1.82) is 0 Å². The molecule has 25 heavy (non-hydrogen) atoms. The van der Waals surface area contributed by atoms with Gasteiger partial charge in [-0.05, 0) is 61.5 Å². The Kier molecular flexibility index (Phi) is 5.24. The molecule has 1 heterocycles. The highest BCUT2D eigenvalue weighted by Gasteiger charge is 2.32. The first-order valence-corrected chi connectivity index (χ1v) is 8.93. The van der Waals surface area contributed by atoms with Crippen LogP contribution in [0.25, 0.3) is 6.08 Å². The van der Waals surface area contributed by atoms with Gasteiger partial charge in [-0.25, -0.2) is 4.99 Å². The number of benzene rings is 2. The fraction of sp³-hybridized carbons (Fsp3) is 0.200. The maximum absolute atomic E-state index is 12.7. The van der Waals surface area contributed by atoms with E-state index in [0.717, 1.165) is 17.0 Å².